The molecule has 0 atom stereocenters. The summed E-state index contributed by atoms with van der Waals surface area (Å²) in [5, 5.41) is 12.5. The number of carbonyl (C=O) groups is 1. The monoisotopic (exact) mass is 291 g/mol. The highest BCUT2D eigenvalue weighted by molar-refractivity contribution is 7.07. The number of carbonyl (C=O) groups excluding carboxylic acids is 1. The molecule has 0 spiro atoms. The lowest BCUT2D eigenvalue weighted by Crippen LogP contribution is -2.20. The maximum atomic E-state index is 11.7. The van der Waals surface area contributed by atoms with Crippen molar-refractivity contribution in [2.45, 2.75) is 20.3 Å². The number of nitro benzene ring substituents is 1. The van der Waals surface area contributed by atoms with Gasteiger partial charge in [0.2, 0.25) is 5.91 Å². The summed E-state index contributed by atoms with van der Waals surface area (Å²) in [6, 6.07) is 4.47. The van der Waals surface area contributed by atoms with E-state index in [1.165, 1.54) is 28.0 Å². The van der Waals surface area contributed by atoms with Crippen LogP contribution in [-0.2, 0) is 0 Å². The molecule has 2 rings (SSSR count). The molecule has 7 heteroatoms. The molecular weight excluding hydrogens is 278 g/mol. The highest BCUT2D eigenvalue weighted by Gasteiger charge is 2.08. The predicted octanol–water partition coefficient (Wildman–Crippen LogP) is 3.05. The summed E-state index contributed by atoms with van der Waals surface area (Å²) in [6.07, 6.45) is 2.07. The van der Waals surface area contributed by atoms with Gasteiger partial charge >= 0.3 is 0 Å². The summed E-state index contributed by atoms with van der Waals surface area (Å²) in [7, 11) is 0. The molecule has 1 heterocycles. The molecule has 0 saturated carbocycles. The van der Waals surface area contributed by atoms with Crippen molar-refractivity contribution in [3.05, 3.63) is 50.3 Å². The maximum Gasteiger partial charge on any atom is 0.269 e. The molecule has 0 aliphatic heterocycles. The van der Waals surface area contributed by atoms with Crippen molar-refractivity contribution < 1.29 is 9.72 Å². The first-order valence-corrected chi connectivity index (χ1v) is 6.90. The Bertz CT molecular complexity index is 730. The molecule has 0 fully saturated rings. The quantitative estimate of drug-likeness (QED) is 0.644. The van der Waals surface area contributed by atoms with Gasteiger partial charge in [0.1, 0.15) is 0 Å². The molecule has 0 N–H and O–H groups in total. The van der Waals surface area contributed by atoms with E-state index >= 15 is 0 Å². The lowest BCUT2D eigenvalue weighted by molar-refractivity contribution is -0.384. The van der Waals surface area contributed by atoms with Crippen LogP contribution < -0.4 is 4.80 Å². The van der Waals surface area contributed by atoms with Gasteiger partial charge in [-0.25, -0.2) is 4.99 Å². The van der Waals surface area contributed by atoms with Gasteiger partial charge in [-0.2, -0.15) is 0 Å². The van der Waals surface area contributed by atoms with Crippen molar-refractivity contribution in [1.82, 2.24) is 4.57 Å². The summed E-state index contributed by atoms with van der Waals surface area (Å²) < 4.78 is 1.49. The summed E-state index contributed by atoms with van der Waals surface area (Å²) >= 11 is 1.35. The minimum atomic E-state index is -0.442. The molecule has 1 aromatic carbocycles. The molecule has 1 aromatic heterocycles. The average Bonchev–Trinajstić information content (AvgIpc) is 2.88. The van der Waals surface area contributed by atoms with Gasteiger partial charge in [-0.1, -0.05) is 6.92 Å². The van der Waals surface area contributed by atoms with E-state index in [2.05, 4.69) is 4.99 Å². The van der Waals surface area contributed by atoms with Crippen molar-refractivity contribution in [3.63, 3.8) is 0 Å². The first kappa shape index (κ1) is 14.1. The van der Waals surface area contributed by atoms with Crippen LogP contribution in [0.3, 0.4) is 0 Å². The zero-order valence-electron chi connectivity index (χ0n) is 11.1. The van der Waals surface area contributed by atoms with E-state index in [9.17, 15) is 14.9 Å². The zero-order chi connectivity index (χ0) is 14.7. The molecule has 2 aromatic rings. The molecule has 0 unspecified atom stereocenters. The Kier molecular flexibility index (Phi) is 4.09. The van der Waals surface area contributed by atoms with E-state index in [0.717, 1.165) is 0 Å². The Morgan fingerprint density at radius 3 is 2.85 bits per heavy atom. The standard InChI is InChI=1S/C13H13N3O3S/c1-3-12(17)15-6-7-20-13(15)14-11-5-4-10(16(18)19)8-9(11)2/h4-8H,3H2,1-2H3. The number of benzene rings is 1. The van der Waals surface area contributed by atoms with E-state index in [-0.39, 0.29) is 11.6 Å². The number of non-ortho nitro benzene ring substituents is 1. The van der Waals surface area contributed by atoms with Crippen LogP contribution in [0.25, 0.3) is 0 Å². The zero-order valence-corrected chi connectivity index (χ0v) is 11.9. The molecule has 0 amide bonds. The summed E-state index contributed by atoms with van der Waals surface area (Å²) in [5.41, 5.74) is 1.35. The fraction of sp³-hybridized carbons (Fsp3) is 0.231. The molecule has 0 saturated heterocycles. The summed E-state index contributed by atoms with van der Waals surface area (Å²) in [4.78, 5) is 27.0. The van der Waals surface area contributed by atoms with Gasteiger partial charge in [0, 0.05) is 30.1 Å². The second kappa shape index (κ2) is 5.79. The van der Waals surface area contributed by atoms with Gasteiger partial charge in [-0.05, 0) is 18.6 Å². The van der Waals surface area contributed by atoms with Gasteiger partial charge < -0.3 is 0 Å². The number of thiazole rings is 1. The van der Waals surface area contributed by atoms with Crippen molar-refractivity contribution in [1.29, 1.82) is 0 Å². The first-order valence-electron chi connectivity index (χ1n) is 6.02. The minimum Gasteiger partial charge on any atom is -0.274 e. The molecule has 0 bridgehead atoms. The highest BCUT2D eigenvalue weighted by Crippen LogP contribution is 2.23. The SMILES string of the molecule is CCC(=O)n1ccsc1=Nc1ccc([N+](=O)[O-])cc1C. The Balaban J connectivity index is 2.49. The second-order valence-corrected chi connectivity index (χ2v) is 5.02. The molecule has 0 aliphatic carbocycles. The van der Waals surface area contributed by atoms with Gasteiger partial charge in [0.05, 0.1) is 10.6 Å². The highest BCUT2D eigenvalue weighted by atomic mass is 32.1. The van der Waals surface area contributed by atoms with Crippen LogP contribution in [0.5, 0.6) is 0 Å². The van der Waals surface area contributed by atoms with E-state index in [4.69, 9.17) is 0 Å². The third-order valence-corrected chi connectivity index (χ3v) is 3.52. The van der Waals surface area contributed by atoms with E-state index < -0.39 is 4.92 Å². The number of hydrogen-bond donors (Lipinski definition) is 0. The van der Waals surface area contributed by atoms with Crippen LogP contribution in [0.15, 0.2) is 34.8 Å². The topological polar surface area (TPSA) is 77.5 Å². The lowest BCUT2D eigenvalue weighted by Gasteiger charge is -2.01. The average molecular weight is 291 g/mol. The fourth-order valence-corrected chi connectivity index (χ4v) is 2.43. The Morgan fingerprint density at radius 2 is 2.25 bits per heavy atom. The van der Waals surface area contributed by atoms with Crippen molar-refractivity contribution in [3.8, 4) is 0 Å². The normalized spacial score (nSPS) is 11.6. The number of aryl methyl sites for hydroxylation is 1. The summed E-state index contributed by atoms with van der Waals surface area (Å²) in [6.45, 7) is 3.54. The largest absolute Gasteiger partial charge is 0.274 e. The predicted molar refractivity (Wildman–Crippen MR) is 76.3 cm³/mol. The second-order valence-electron chi connectivity index (χ2n) is 4.14. The van der Waals surface area contributed by atoms with Crippen LogP contribution in [0.2, 0.25) is 0 Å². The summed E-state index contributed by atoms with van der Waals surface area (Å²) in [5.74, 6) is -0.0374. The molecule has 0 aliphatic rings. The van der Waals surface area contributed by atoms with E-state index in [0.29, 0.717) is 22.5 Å². The van der Waals surface area contributed by atoms with Crippen LogP contribution in [0.1, 0.15) is 23.7 Å². The Labute approximate surface area is 119 Å². The lowest BCUT2D eigenvalue weighted by atomic mass is 10.2. The molecule has 6 nitrogen and oxygen atoms in total. The molecule has 20 heavy (non-hydrogen) atoms. The first-order chi connectivity index (χ1) is 9.52. The molecular formula is C13H13N3O3S. The van der Waals surface area contributed by atoms with Gasteiger partial charge in [0.15, 0.2) is 4.80 Å². The number of rotatable bonds is 3. The van der Waals surface area contributed by atoms with Crippen molar-refractivity contribution in [2.24, 2.45) is 4.99 Å². The molecule has 0 radical (unpaired) electrons. The van der Waals surface area contributed by atoms with Crippen LogP contribution >= 0.6 is 11.3 Å². The van der Waals surface area contributed by atoms with Gasteiger partial charge in [-0.15, -0.1) is 11.3 Å². The number of nitro groups is 1. The maximum absolute atomic E-state index is 11.7. The third-order valence-electron chi connectivity index (χ3n) is 2.77. The number of aromatic nitrogens is 1. The van der Waals surface area contributed by atoms with E-state index in [1.54, 1.807) is 31.5 Å². The Morgan fingerprint density at radius 1 is 1.50 bits per heavy atom. The van der Waals surface area contributed by atoms with Crippen LogP contribution in [-0.4, -0.2) is 15.4 Å². The van der Waals surface area contributed by atoms with E-state index in [1.807, 2.05) is 0 Å². The van der Waals surface area contributed by atoms with Crippen LogP contribution in [0, 0.1) is 17.0 Å². The Hall–Kier alpha value is -2.28. The number of nitrogens with zero attached hydrogens (tertiary/aromatic N) is 3. The van der Waals surface area contributed by atoms with Crippen LogP contribution in [0.4, 0.5) is 11.4 Å². The van der Waals surface area contributed by atoms with Crippen molar-refractivity contribution in [2.75, 3.05) is 0 Å². The minimum absolute atomic E-state index is 0.0325. The third kappa shape index (κ3) is 2.83. The molecule has 104 valence electrons. The smallest absolute Gasteiger partial charge is 0.269 e. The van der Waals surface area contributed by atoms with Gasteiger partial charge in [-0.3, -0.25) is 19.5 Å². The number of hydrogen-bond acceptors (Lipinski definition) is 5. The van der Waals surface area contributed by atoms with Gasteiger partial charge in [0.25, 0.3) is 5.69 Å². The fourth-order valence-electron chi connectivity index (χ4n) is 1.69. The van der Waals surface area contributed by atoms with Crippen molar-refractivity contribution >= 4 is 28.6 Å².